The molecule has 0 radical (unpaired) electrons. The highest BCUT2D eigenvalue weighted by atomic mass is 35.5. The van der Waals surface area contributed by atoms with Crippen LogP contribution >= 0.6 is 11.6 Å². The maximum Gasteiger partial charge on any atom is 0.0438 e. The molecule has 1 nitrogen and oxygen atoms in total. The van der Waals surface area contributed by atoms with Gasteiger partial charge in [-0.3, -0.25) is 0 Å². The van der Waals surface area contributed by atoms with Gasteiger partial charge in [-0.05, 0) is 54.0 Å². The van der Waals surface area contributed by atoms with E-state index in [1.54, 1.807) is 0 Å². The molecule has 0 aliphatic heterocycles. The second kappa shape index (κ2) is 4.99. The summed E-state index contributed by atoms with van der Waals surface area (Å²) in [5.74, 6) is 0.603. The largest absolute Gasteiger partial charge is 0.324 e. The Balaban J connectivity index is 1.73. The molecular weight excluding hydrogens is 254 g/mol. The number of rotatable bonds is 3. The highest BCUT2D eigenvalue weighted by molar-refractivity contribution is 6.31. The molecule has 2 aromatic rings. The quantitative estimate of drug-likeness (QED) is 0.881. The van der Waals surface area contributed by atoms with E-state index in [9.17, 15) is 0 Å². The monoisotopic (exact) mass is 271 g/mol. The van der Waals surface area contributed by atoms with Crippen molar-refractivity contribution < 1.29 is 0 Å². The molecule has 0 fully saturated rings. The normalized spacial score (nSPS) is 18.6. The van der Waals surface area contributed by atoms with Crippen LogP contribution < -0.4 is 5.73 Å². The zero-order valence-electron chi connectivity index (χ0n) is 11.1. The third-order valence-corrected chi connectivity index (χ3v) is 4.53. The molecule has 0 saturated carbocycles. The average molecular weight is 272 g/mol. The van der Waals surface area contributed by atoms with Crippen LogP contribution in [0.1, 0.15) is 40.6 Å². The summed E-state index contributed by atoms with van der Waals surface area (Å²) in [7, 11) is 0. The van der Waals surface area contributed by atoms with Crippen LogP contribution in [0.15, 0.2) is 42.5 Å². The summed E-state index contributed by atoms with van der Waals surface area (Å²) in [6.45, 7) is 2.01. The number of aryl methyl sites for hydroxylation is 1. The van der Waals surface area contributed by atoms with Crippen LogP contribution in [0.4, 0.5) is 0 Å². The summed E-state index contributed by atoms with van der Waals surface area (Å²) >= 11 is 6.17. The molecule has 2 atom stereocenters. The van der Waals surface area contributed by atoms with Crippen LogP contribution in [0.5, 0.6) is 0 Å². The highest BCUT2D eigenvalue weighted by Crippen LogP contribution is 2.40. The minimum absolute atomic E-state index is 0.0662. The van der Waals surface area contributed by atoms with Gasteiger partial charge in [-0.15, -0.1) is 0 Å². The average Bonchev–Trinajstić information content (AvgIpc) is 2.39. The molecular formula is C17H18ClN. The number of halogens is 1. The molecule has 1 aliphatic rings. The Labute approximate surface area is 119 Å². The van der Waals surface area contributed by atoms with E-state index in [1.807, 2.05) is 19.1 Å². The number of fused-ring (bicyclic) bond motifs is 1. The van der Waals surface area contributed by atoms with Crippen LogP contribution in [0.2, 0.25) is 5.02 Å². The molecule has 1 aliphatic carbocycles. The molecule has 0 spiro atoms. The lowest BCUT2D eigenvalue weighted by Gasteiger charge is -2.32. The van der Waals surface area contributed by atoms with Crippen LogP contribution in [0, 0.1) is 6.92 Å². The molecule has 0 amide bonds. The summed E-state index contributed by atoms with van der Waals surface area (Å²) in [5.41, 5.74) is 11.5. The molecule has 3 rings (SSSR count). The van der Waals surface area contributed by atoms with Crippen molar-refractivity contribution in [2.75, 3.05) is 0 Å². The Morgan fingerprint density at radius 3 is 2.79 bits per heavy atom. The van der Waals surface area contributed by atoms with Gasteiger partial charge in [0.05, 0.1) is 0 Å². The van der Waals surface area contributed by atoms with Gasteiger partial charge in [-0.25, -0.2) is 0 Å². The molecule has 0 aromatic heterocycles. The van der Waals surface area contributed by atoms with Gasteiger partial charge in [0.15, 0.2) is 0 Å². The fourth-order valence-electron chi connectivity index (χ4n) is 2.86. The summed E-state index contributed by atoms with van der Waals surface area (Å²) in [6, 6.07) is 14.9. The maximum absolute atomic E-state index is 6.32. The first-order valence-corrected chi connectivity index (χ1v) is 7.12. The first-order valence-electron chi connectivity index (χ1n) is 6.74. The summed E-state index contributed by atoms with van der Waals surface area (Å²) in [4.78, 5) is 0. The number of benzene rings is 2. The van der Waals surface area contributed by atoms with E-state index in [1.165, 1.54) is 11.1 Å². The van der Waals surface area contributed by atoms with Crippen molar-refractivity contribution in [2.45, 2.75) is 31.7 Å². The van der Waals surface area contributed by atoms with E-state index >= 15 is 0 Å². The lowest BCUT2D eigenvalue weighted by Crippen LogP contribution is -2.22. The van der Waals surface area contributed by atoms with E-state index in [2.05, 4.69) is 30.3 Å². The topological polar surface area (TPSA) is 26.0 Å². The van der Waals surface area contributed by atoms with Crippen molar-refractivity contribution in [1.29, 1.82) is 0 Å². The van der Waals surface area contributed by atoms with Gasteiger partial charge in [0, 0.05) is 11.1 Å². The number of nitrogens with two attached hydrogens (primary N) is 1. The molecule has 0 bridgehead atoms. The fraction of sp³-hybridized carbons (Fsp3) is 0.294. The predicted molar refractivity (Wildman–Crippen MR) is 80.6 cm³/mol. The van der Waals surface area contributed by atoms with Crippen LogP contribution in [-0.4, -0.2) is 0 Å². The molecule has 0 heterocycles. The Morgan fingerprint density at radius 1 is 1.26 bits per heavy atom. The number of hydrogen-bond donors (Lipinski definition) is 1. The summed E-state index contributed by atoms with van der Waals surface area (Å²) < 4.78 is 0. The maximum atomic E-state index is 6.32. The molecule has 0 saturated heterocycles. The van der Waals surface area contributed by atoms with E-state index in [-0.39, 0.29) is 6.04 Å². The molecule has 19 heavy (non-hydrogen) atoms. The Hall–Kier alpha value is -1.31. The van der Waals surface area contributed by atoms with Gasteiger partial charge in [0.1, 0.15) is 0 Å². The minimum Gasteiger partial charge on any atom is -0.324 e. The van der Waals surface area contributed by atoms with Crippen molar-refractivity contribution in [3.05, 3.63) is 69.7 Å². The lowest BCUT2D eigenvalue weighted by atomic mass is 9.74. The Bertz CT molecular complexity index is 606. The smallest absolute Gasteiger partial charge is 0.0438 e. The second-order valence-corrected chi connectivity index (χ2v) is 5.86. The van der Waals surface area contributed by atoms with Gasteiger partial charge < -0.3 is 5.73 Å². The summed E-state index contributed by atoms with van der Waals surface area (Å²) in [6.07, 6.45) is 2.15. The third kappa shape index (κ3) is 2.41. The number of hydrogen-bond acceptors (Lipinski definition) is 1. The third-order valence-electron chi connectivity index (χ3n) is 4.12. The van der Waals surface area contributed by atoms with Gasteiger partial charge in [-0.1, -0.05) is 48.0 Å². The molecule has 98 valence electrons. The predicted octanol–water partition coefficient (Wildman–Crippen LogP) is 4.38. The Kier molecular flexibility index (Phi) is 3.34. The fourth-order valence-corrected chi connectivity index (χ4v) is 3.04. The lowest BCUT2D eigenvalue weighted by molar-refractivity contribution is 0.498. The molecule has 2 aromatic carbocycles. The van der Waals surface area contributed by atoms with Crippen LogP contribution in [0.25, 0.3) is 0 Å². The van der Waals surface area contributed by atoms with Gasteiger partial charge in [0.25, 0.3) is 0 Å². The van der Waals surface area contributed by atoms with Crippen molar-refractivity contribution in [3.63, 3.8) is 0 Å². The van der Waals surface area contributed by atoms with Gasteiger partial charge >= 0.3 is 0 Å². The van der Waals surface area contributed by atoms with E-state index in [4.69, 9.17) is 17.3 Å². The zero-order valence-corrected chi connectivity index (χ0v) is 11.8. The first kappa shape index (κ1) is 12.7. The molecule has 2 heteroatoms. The van der Waals surface area contributed by atoms with Crippen molar-refractivity contribution in [2.24, 2.45) is 5.73 Å². The first-order chi connectivity index (χ1) is 9.15. The van der Waals surface area contributed by atoms with Crippen molar-refractivity contribution in [1.82, 2.24) is 0 Å². The van der Waals surface area contributed by atoms with Gasteiger partial charge in [-0.2, -0.15) is 0 Å². The molecule has 2 N–H and O–H groups in total. The van der Waals surface area contributed by atoms with Crippen molar-refractivity contribution in [3.8, 4) is 0 Å². The Morgan fingerprint density at radius 2 is 2.05 bits per heavy atom. The second-order valence-electron chi connectivity index (χ2n) is 5.45. The van der Waals surface area contributed by atoms with Crippen molar-refractivity contribution >= 4 is 11.6 Å². The van der Waals surface area contributed by atoms with E-state index in [0.29, 0.717) is 5.92 Å². The minimum atomic E-state index is 0.0662. The van der Waals surface area contributed by atoms with Crippen LogP contribution in [0.3, 0.4) is 0 Å². The zero-order chi connectivity index (χ0) is 13.4. The molecule has 2 unspecified atom stereocenters. The van der Waals surface area contributed by atoms with Gasteiger partial charge in [0.2, 0.25) is 0 Å². The SMILES string of the molecule is Cc1ccc(C(N)CC2Cc3ccccc32)cc1Cl. The van der Waals surface area contributed by atoms with E-state index < -0.39 is 0 Å². The van der Waals surface area contributed by atoms with E-state index in [0.717, 1.165) is 29.0 Å². The standard InChI is InChI=1S/C17H18ClN/c1-11-6-7-13(9-16(11)18)17(19)10-14-8-12-4-2-3-5-15(12)14/h2-7,9,14,17H,8,10,19H2,1H3. The van der Waals surface area contributed by atoms with Crippen LogP contribution in [-0.2, 0) is 6.42 Å². The highest BCUT2D eigenvalue weighted by Gasteiger charge is 2.27. The summed E-state index contributed by atoms with van der Waals surface area (Å²) in [5, 5.41) is 0.807.